The molecule has 3 heterocycles. The summed E-state index contributed by atoms with van der Waals surface area (Å²) >= 11 is 1.32. The molecule has 0 bridgehead atoms. The zero-order valence-corrected chi connectivity index (χ0v) is 18.5. The minimum absolute atomic E-state index is 0.0541. The zero-order chi connectivity index (χ0) is 23.4. The van der Waals surface area contributed by atoms with Gasteiger partial charge in [0.15, 0.2) is 0 Å². The molecule has 0 unspecified atom stereocenters. The molecular weight excluding hydrogens is 457 g/mol. The standard InChI is InChI=1S/C21H21F3N6O2S/c1-32-16-10-13(19(31)30-7-2-3-8-30)4-5-15(16)28-20-27-11-14(21(22,23)24)18(29-20)26-12-17-25-6-9-33-17/h4-6,9-11H,2-3,7-8,12H2,1H3,(H2,26,27,28,29). The number of anilines is 3. The van der Waals surface area contributed by atoms with Crippen molar-refractivity contribution in [1.29, 1.82) is 0 Å². The maximum Gasteiger partial charge on any atom is 0.421 e. The van der Waals surface area contributed by atoms with Crippen LogP contribution >= 0.6 is 11.3 Å². The number of hydrogen-bond acceptors (Lipinski definition) is 8. The Morgan fingerprint density at radius 1 is 1.24 bits per heavy atom. The number of thiazole rings is 1. The highest BCUT2D eigenvalue weighted by atomic mass is 32.1. The fourth-order valence-corrected chi connectivity index (χ4v) is 3.99. The normalized spacial score (nSPS) is 13.8. The lowest BCUT2D eigenvalue weighted by molar-refractivity contribution is -0.137. The first-order valence-electron chi connectivity index (χ1n) is 10.2. The minimum Gasteiger partial charge on any atom is -0.495 e. The summed E-state index contributed by atoms with van der Waals surface area (Å²) in [5.74, 6) is -0.158. The Bertz CT molecular complexity index is 1120. The van der Waals surface area contributed by atoms with Crippen molar-refractivity contribution in [3.63, 3.8) is 0 Å². The molecule has 12 heteroatoms. The summed E-state index contributed by atoms with van der Waals surface area (Å²) in [6.45, 7) is 1.53. The molecule has 33 heavy (non-hydrogen) atoms. The molecule has 4 rings (SSSR count). The van der Waals surface area contributed by atoms with Crippen molar-refractivity contribution in [3.8, 4) is 5.75 Å². The van der Waals surface area contributed by atoms with E-state index < -0.39 is 11.7 Å². The fourth-order valence-electron chi connectivity index (χ4n) is 3.43. The predicted molar refractivity (Wildman–Crippen MR) is 118 cm³/mol. The Morgan fingerprint density at radius 2 is 2.03 bits per heavy atom. The van der Waals surface area contributed by atoms with Crippen molar-refractivity contribution in [2.45, 2.75) is 25.6 Å². The van der Waals surface area contributed by atoms with Crippen molar-refractivity contribution in [1.82, 2.24) is 19.9 Å². The van der Waals surface area contributed by atoms with E-state index in [0.717, 1.165) is 32.1 Å². The average Bonchev–Trinajstić information content (AvgIpc) is 3.51. The van der Waals surface area contributed by atoms with Crippen LogP contribution in [-0.2, 0) is 12.7 Å². The van der Waals surface area contributed by atoms with Crippen LogP contribution in [0.25, 0.3) is 0 Å². The summed E-state index contributed by atoms with van der Waals surface area (Å²) in [7, 11) is 1.44. The van der Waals surface area contributed by atoms with Crippen LogP contribution in [-0.4, -0.2) is 46.0 Å². The molecule has 1 aromatic carbocycles. The largest absolute Gasteiger partial charge is 0.495 e. The molecule has 2 N–H and O–H groups in total. The quantitative estimate of drug-likeness (QED) is 0.515. The van der Waals surface area contributed by atoms with Crippen molar-refractivity contribution in [3.05, 3.63) is 52.1 Å². The lowest BCUT2D eigenvalue weighted by Gasteiger charge is -2.17. The van der Waals surface area contributed by atoms with Gasteiger partial charge in [0.1, 0.15) is 22.1 Å². The number of aromatic nitrogens is 3. The number of hydrogen-bond donors (Lipinski definition) is 2. The van der Waals surface area contributed by atoms with E-state index in [1.165, 1.54) is 18.4 Å². The van der Waals surface area contributed by atoms with Gasteiger partial charge in [-0.2, -0.15) is 18.2 Å². The minimum atomic E-state index is -4.63. The molecule has 8 nitrogen and oxygen atoms in total. The van der Waals surface area contributed by atoms with Gasteiger partial charge in [-0.15, -0.1) is 11.3 Å². The third kappa shape index (κ3) is 5.33. The number of halogens is 3. The van der Waals surface area contributed by atoms with E-state index in [9.17, 15) is 18.0 Å². The molecule has 1 saturated heterocycles. The molecule has 0 atom stereocenters. The van der Waals surface area contributed by atoms with Crippen LogP contribution in [0.3, 0.4) is 0 Å². The van der Waals surface area contributed by atoms with Gasteiger partial charge in [0.05, 0.1) is 19.3 Å². The van der Waals surface area contributed by atoms with Crippen LogP contribution in [0.4, 0.5) is 30.6 Å². The van der Waals surface area contributed by atoms with E-state index >= 15 is 0 Å². The van der Waals surface area contributed by atoms with Gasteiger partial charge in [0.2, 0.25) is 5.95 Å². The number of benzene rings is 1. The van der Waals surface area contributed by atoms with Crippen molar-refractivity contribution in [2.75, 3.05) is 30.8 Å². The first-order valence-corrected chi connectivity index (χ1v) is 11.0. The number of rotatable bonds is 7. The molecular formula is C21H21F3N6O2S. The Balaban J connectivity index is 1.57. The van der Waals surface area contributed by atoms with Crippen LogP contribution < -0.4 is 15.4 Å². The Kier molecular flexibility index (Phi) is 6.63. The van der Waals surface area contributed by atoms with Crippen LogP contribution in [0.1, 0.15) is 33.8 Å². The number of likely N-dealkylation sites (tertiary alicyclic amines) is 1. The molecule has 0 aliphatic carbocycles. The molecule has 1 aliphatic rings. The number of alkyl halides is 3. The maximum atomic E-state index is 13.4. The average molecular weight is 479 g/mol. The fraction of sp³-hybridized carbons (Fsp3) is 0.333. The topological polar surface area (TPSA) is 92.3 Å². The number of carbonyl (C=O) groups is 1. The monoisotopic (exact) mass is 478 g/mol. The molecule has 2 aromatic heterocycles. The first kappa shape index (κ1) is 22.8. The summed E-state index contributed by atoms with van der Waals surface area (Å²) in [6, 6.07) is 4.84. The van der Waals surface area contributed by atoms with Crippen LogP contribution in [0.2, 0.25) is 0 Å². The SMILES string of the molecule is COc1cc(C(=O)N2CCCC2)ccc1Nc1ncc(C(F)(F)F)c(NCc2nccs2)n1. The maximum absolute atomic E-state index is 13.4. The molecule has 1 amide bonds. The number of amides is 1. The molecule has 1 aliphatic heterocycles. The van der Waals surface area contributed by atoms with Crippen LogP contribution in [0, 0.1) is 0 Å². The van der Waals surface area contributed by atoms with Gasteiger partial charge in [-0.1, -0.05) is 0 Å². The second-order valence-corrected chi connectivity index (χ2v) is 8.25. The van der Waals surface area contributed by atoms with Crippen molar-refractivity contribution in [2.24, 2.45) is 0 Å². The molecule has 0 spiro atoms. The van der Waals surface area contributed by atoms with E-state index in [-0.39, 0.29) is 24.2 Å². The van der Waals surface area contributed by atoms with Crippen LogP contribution in [0.15, 0.2) is 36.0 Å². The number of ether oxygens (including phenoxy) is 1. The Labute approximate surface area is 191 Å². The van der Waals surface area contributed by atoms with Crippen molar-refractivity contribution < 1.29 is 22.7 Å². The van der Waals surface area contributed by atoms with Gasteiger partial charge in [-0.05, 0) is 31.0 Å². The number of nitrogens with one attached hydrogen (secondary N) is 2. The highest BCUT2D eigenvalue weighted by Gasteiger charge is 2.35. The van der Waals surface area contributed by atoms with Crippen LogP contribution in [0.5, 0.6) is 5.75 Å². The third-order valence-electron chi connectivity index (χ3n) is 5.07. The highest BCUT2D eigenvalue weighted by molar-refractivity contribution is 7.09. The number of methoxy groups -OCH3 is 1. The molecule has 0 saturated carbocycles. The number of carbonyl (C=O) groups excluding carboxylic acids is 1. The first-order chi connectivity index (χ1) is 15.8. The smallest absolute Gasteiger partial charge is 0.421 e. The molecule has 3 aromatic rings. The van der Waals surface area contributed by atoms with E-state index in [2.05, 4.69) is 25.6 Å². The van der Waals surface area contributed by atoms with Gasteiger partial charge in [-0.3, -0.25) is 4.79 Å². The second kappa shape index (κ2) is 9.61. The number of nitrogens with zero attached hydrogens (tertiary/aromatic N) is 4. The third-order valence-corrected chi connectivity index (χ3v) is 5.85. The summed E-state index contributed by atoms with van der Waals surface area (Å²) in [6.07, 6.45) is -0.376. The Morgan fingerprint density at radius 3 is 2.70 bits per heavy atom. The highest BCUT2D eigenvalue weighted by Crippen LogP contribution is 2.35. The molecule has 174 valence electrons. The molecule has 0 radical (unpaired) electrons. The lowest BCUT2D eigenvalue weighted by atomic mass is 10.1. The Hall–Kier alpha value is -3.41. The van der Waals surface area contributed by atoms with Gasteiger partial charge in [-0.25, -0.2) is 9.97 Å². The van der Waals surface area contributed by atoms with E-state index in [1.807, 2.05) is 0 Å². The van der Waals surface area contributed by atoms with Gasteiger partial charge >= 0.3 is 6.18 Å². The van der Waals surface area contributed by atoms with E-state index in [4.69, 9.17) is 4.74 Å². The summed E-state index contributed by atoms with van der Waals surface area (Å²) < 4.78 is 45.7. The van der Waals surface area contributed by atoms with E-state index in [0.29, 0.717) is 22.0 Å². The summed E-state index contributed by atoms with van der Waals surface area (Å²) in [5, 5.41) is 7.92. The van der Waals surface area contributed by atoms with E-state index in [1.54, 1.807) is 34.7 Å². The second-order valence-electron chi connectivity index (χ2n) is 7.27. The summed E-state index contributed by atoms with van der Waals surface area (Å²) in [5.41, 5.74) is -0.0947. The van der Waals surface area contributed by atoms with Gasteiger partial charge < -0.3 is 20.3 Å². The zero-order valence-electron chi connectivity index (χ0n) is 17.6. The van der Waals surface area contributed by atoms with Crippen molar-refractivity contribution >= 4 is 34.7 Å². The lowest BCUT2D eigenvalue weighted by Crippen LogP contribution is -2.27. The summed E-state index contributed by atoms with van der Waals surface area (Å²) in [4.78, 5) is 26.3. The van der Waals surface area contributed by atoms with Gasteiger partial charge in [0, 0.05) is 36.4 Å². The van der Waals surface area contributed by atoms with Gasteiger partial charge in [0.25, 0.3) is 5.91 Å². The predicted octanol–water partition coefficient (Wildman–Crippen LogP) is 4.55. The molecule has 1 fully saturated rings.